The summed E-state index contributed by atoms with van der Waals surface area (Å²) in [6, 6.07) is 6.74. The Morgan fingerprint density at radius 2 is 1.59 bits per heavy atom. The number of pyridine rings is 1. The Morgan fingerprint density at radius 1 is 0.931 bits per heavy atom. The second-order valence-corrected chi connectivity index (χ2v) is 6.11. The first kappa shape index (κ1) is 20.6. The van der Waals surface area contributed by atoms with Crippen molar-refractivity contribution in [2.75, 3.05) is 5.32 Å². The number of benzene rings is 1. The van der Waals surface area contributed by atoms with Crippen molar-refractivity contribution in [3.63, 3.8) is 0 Å². The van der Waals surface area contributed by atoms with Crippen molar-refractivity contribution in [1.82, 2.24) is 14.8 Å². The number of hydrogen-bond donors (Lipinski definition) is 1. The summed E-state index contributed by atoms with van der Waals surface area (Å²) in [4.78, 5) is 15.7. The van der Waals surface area contributed by atoms with Gasteiger partial charge in [-0.1, -0.05) is 11.6 Å². The zero-order valence-corrected chi connectivity index (χ0v) is 14.8. The van der Waals surface area contributed by atoms with Crippen LogP contribution >= 0.6 is 11.6 Å². The molecule has 0 radical (unpaired) electrons. The molecule has 2 aromatic heterocycles. The van der Waals surface area contributed by atoms with Crippen LogP contribution in [0.2, 0.25) is 5.02 Å². The summed E-state index contributed by atoms with van der Waals surface area (Å²) < 4.78 is 78.9. The number of aromatic nitrogens is 3. The van der Waals surface area contributed by atoms with Gasteiger partial charge in [-0.3, -0.25) is 4.79 Å². The lowest BCUT2D eigenvalue weighted by molar-refractivity contribution is -0.143. The SMILES string of the molecule is O=C(Nc1ccc(C(F)(F)F)cn1)c1cnn(-c2ccc(Cl)cc2)c1C(F)(F)F. The monoisotopic (exact) mass is 434 g/mol. The van der Waals surface area contributed by atoms with Crippen LogP contribution in [0.25, 0.3) is 5.69 Å². The van der Waals surface area contributed by atoms with Crippen LogP contribution in [0.4, 0.5) is 32.2 Å². The molecule has 29 heavy (non-hydrogen) atoms. The van der Waals surface area contributed by atoms with Crippen molar-refractivity contribution >= 4 is 23.3 Å². The van der Waals surface area contributed by atoms with Crippen molar-refractivity contribution in [3.8, 4) is 5.69 Å². The summed E-state index contributed by atoms with van der Waals surface area (Å²) >= 11 is 5.72. The number of rotatable bonds is 3. The number of carbonyl (C=O) groups is 1. The van der Waals surface area contributed by atoms with E-state index in [0.29, 0.717) is 28.2 Å². The van der Waals surface area contributed by atoms with Gasteiger partial charge in [0.25, 0.3) is 5.91 Å². The molecular weight excluding hydrogens is 426 g/mol. The van der Waals surface area contributed by atoms with E-state index in [-0.39, 0.29) is 11.5 Å². The molecule has 12 heteroatoms. The van der Waals surface area contributed by atoms with E-state index in [1.54, 1.807) is 0 Å². The van der Waals surface area contributed by atoms with Crippen LogP contribution in [0.15, 0.2) is 48.8 Å². The van der Waals surface area contributed by atoms with E-state index in [2.05, 4.69) is 10.1 Å². The first-order valence-electron chi connectivity index (χ1n) is 7.72. The van der Waals surface area contributed by atoms with Gasteiger partial charge in [-0.25, -0.2) is 9.67 Å². The van der Waals surface area contributed by atoms with Gasteiger partial charge in [0, 0.05) is 11.2 Å². The first-order chi connectivity index (χ1) is 13.5. The Balaban J connectivity index is 1.94. The molecule has 1 aromatic carbocycles. The van der Waals surface area contributed by atoms with E-state index in [4.69, 9.17) is 11.6 Å². The molecule has 3 aromatic rings. The topological polar surface area (TPSA) is 59.8 Å². The van der Waals surface area contributed by atoms with Gasteiger partial charge in [0.1, 0.15) is 5.82 Å². The van der Waals surface area contributed by atoms with Crippen molar-refractivity contribution in [2.24, 2.45) is 0 Å². The largest absolute Gasteiger partial charge is 0.434 e. The summed E-state index contributed by atoms with van der Waals surface area (Å²) in [5, 5.41) is 5.94. The van der Waals surface area contributed by atoms with Gasteiger partial charge < -0.3 is 5.32 Å². The third-order valence-electron chi connectivity index (χ3n) is 3.69. The molecule has 0 aliphatic heterocycles. The lowest BCUT2D eigenvalue weighted by Crippen LogP contribution is -2.21. The summed E-state index contributed by atoms with van der Waals surface area (Å²) in [6.45, 7) is 0. The second kappa shape index (κ2) is 7.39. The van der Waals surface area contributed by atoms with Crippen molar-refractivity contribution in [2.45, 2.75) is 12.4 Å². The van der Waals surface area contributed by atoms with Gasteiger partial charge in [-0.15, -0.1) is 0 Å². The molecule has 0 fully saturated rings. The van der Waals surface area contributed by atoms with Crippen molar-refractivity contribution < 1.29 is 31.1 Å². The van der Waals surface area contributed by atoms with E-state index in [9.17, 15) is 31.1 Å². The fourth-order valence-corrected chi connectivity index (χ4v) is 2.51. The number of alkyl halides is 6. The van der Waals surface area contributed by atoms with Gasteiger partial charge in [-0.05, 0) is 36.4 Å². The fourth-order valence-electron chi connectivity index (χ4n) is 2.38. The lowest BCUT2D eigenvalue weighted by atomic mass is 10.2. The summed E-state index contributed by atoms with van der Waals surface area (Å²) in [5.74, 6) is -1.58. The predicted molar refractivity (Wildman–Crippen MR) is 90.8 cm³/mol. The Morgan fingerprint density at radius 3 is 2.10 bits per heavy atom. The van der Waals surface area contributed by atoms with E-state index < -0.39 is 35.1 Å². The molecule has 152 valence electrons. The Labute approximate surface area is 163 Å². The van der Waals surface area contributed by atoms with Crippen LogP contribution in [-0.4, -0.2) is 20.7 Å². The van der Waals surface area contributed by atoms with E-state index in [0.717, 1.165) is 6.07 Å². The molecule has 0 saturated heterocycles. The second-order valence-electron chi connectivity index (χ2n) is 5.68. The van der Waals surface area contributed by atoms with Gasteiger partial charge in [-0.2, -0.15) is 31.4 Å². The third-order valence-corrected chi connectivity index (χ3v) is 3.94. The predicted octanol–water partition coefficient (Wildman–Crippen LogP) is 5.21. The minimum absolute atomic E-state index is 0.00781. The maximum atomic E-state index is 13.6. The van der Waals surface area contributed by atoms with Crippen LogP contribution in [-0.2, 0) is 12.4 Å². The third kappa shape index (κ3) is 4.50. The highest BCUT2D eigenvalue weighted by Gasteiger charge is 2.40. The van der Waals surface area contributed by atoms with Crippen LogP contribution in [0.1, 0.15) is 21.6 Å². The molecule has 0 saturated carbocycles. The molecule has 1 amide bonds. The minimum atomic E-state index is -4.95. The van der Waals surface area contributed by atoms with E-state index in [1.807, 2.05) is 5.32 Å². The normalized spacial score (nSPS) is 12.1. The van der Waals surface area contributed by atoms with Gasteiger partial charge in [0.05, 0.1) is 23.0 Å². The number of amides is 1. The van der Waals surface area contributed by atoms with Crippen LogP contribution in [0, 0.1) is 0 Å². The van der Waals surface area contributed by atoms with Crippen molar-refractivity contribution in [3.05, 3.63) is 70.6 Å². The summed E-state index contributed by atoms with van der Waals surface area (Å²) in [6.07, 6.45) is -8.43. The molecule has 0 aliphatic rings. The average Bonchev–Trinajstić information content (AvgIpc) is 3.08. The molecular formula is C17H9ClF6N4O. The number of nitrogens with zero attached hydrogens (tertiary/aromatic N) is 3. The molecule has 0 unspecified atom stereocenters. The molecule has 1 N–H and O–H groups in total. The number of nitrogens with one attached hydrogen (secondary N) is 1. The maximum absolute atomic E-state index is 13.6. The quantitative estimate of drug-likeness (QED) is 0.576. The molecule has 0 atom stereocenters. The van der Waals surface area contributed by atoms with E-state index >= 15 is 0 Å². The van der Waals surface area contributed by atoms with Crippen molar-refractivity contribution in [1.29, 1.82) is 0 Å². The van der Waals surface area contributed by atoms with Crippen LogP contribution in [0.3, 0.4) is 0 Å². The molecule has 2 heterocycles. The smallest absolute Gasteiger partial charge is 0.306 e. The highest BCUT2D eigenvalue weighted by molar-refractivity contribution is 6.30. The average molecular weight is 435 g/mol. The maximum Gasteiger partial charge on any atom is 0.434 e. The molecule has 0 spiro atoms. The zero-order chi connectivity index (χ0) is 21.4. The Kier molecular flexibility index (Phi) is 5.26. The zero-order valence-electron chi connectivity index (χ0n) is 14.0. The fraction of sp³-hybridized carbons (Fsp3) is 0.118. The van der Waals surface area contributed by atoms with Gasteiger partial charge >= 0.3 is 12.4 Å². The lowest BCUT2D eigenvalue weighted by Gasteiger charge is -2.13. The van der Waals surface area contributed by atoms with Crippen LogP contribution in [0.5, 0.6) is 0 Å². The number of halogens is 7. The molecule has 5 nitrogen and oxygen atoms in total. The number of anilines is 1. The first-order valence-corrected chi connectivity index (χ1v) is 8.10. The summed E-state index contributed by atoms with van der Waals surface area (Å²) in [7, 11) is 0. The number of carbonyl (C=O) groups excluding carboxylic acids is 1. The van der Waals surface area contributed by atoms with Crippen LogP contribution < -0.4 is 5.32 Å². The molecule has 0 aliphatic carbocycles. The van der Waals surface area contributed by atoms with Gasteiger partial charge in [0.2, 0.25) is 0 Å². The minimum Gasteiger partial charge on any atom is -0.306 e. The Bertz CT molecular complexity index is 1030. The number of hydrogen-bond acceptors (Lipinski definition) is 3. The highest BCUT2D eigenvalue weighted by Crippen LogP contribution is 2.34. The van der Waals surface area contributed by atoms with Gasteiger partial charge in [0.15, 0.2) is 5.69 Å². The molecule has 0 bridgehead atoms. The highest BCUT2D eigenvalue weighted by atomic mass is 35.5. The Hall–Kier alpha value is -3.08. The standard InChI is InChI=1S/C17H9ClF6N4O/c18-10-2-4-11(5-3-10)28-14(17(22,23)24)12(8-26-28)15(29)27-13-6-1-9(7-25-13)16(19,20)21/h1-8H,(H,25,27,29). The molecule has 3 rings (SSSR count). The summed E-state index contributed by atoms with van der Waals surface area (Å²) in [5.41, 5.74) is -3.24. The van der Waals surface area contributed by atoms with E-state index in [1.165, 1.54) is 24.3 Å².